The van der Waals surface area contributed by atoms with Crippen LogP contribution in [0.2, 0.25) is 0 Å². The number of rotatable bonds is 3. The molecule has 1 amide bonds. The summed E-state index contributed by atoms with van der Waals surface area (Å²) in [6.07, 6.45) is 4.96. The molecular weight excluding hydrogens is 326 g/mol. The number of piperidine rings is 1. The third-order valence-electron chi connectivity index (χ3n) is 5.66. The number of hydrogen-bond donors (Lipinski definition) is 0. The fourth-order valence-electron chi connectivity index (χ4n) is 4.29. The first kappa shape index (κ1) is 16.8. The van der Waals surface area contributed by atoms with Gasteiger partial charge in [-0.15, -0.1) is 0 Å². The summed E-state index contributed by atoms with van der Waals surface area (Å²) in [5.74, 6) is 0.619. The van der Waals surface area contributed by atoms with Crippen molar-refractivity contribution in [2.45, 2.75) is 31.2 Å². The molecule has 2 saturated heterocycles. The molecule has 2 atom stereocenters. The molecule has 3 heterocycles. The molecule has 2 fully saturated rings. The van der Waals surface area contributed by atoms with E-state index >= 15 is 0 Å². The van der Waals surface area contributed by atoms with E-state index in [0.717, 1.165) is 44.6 Å². The molecule has 0 N–H and O–H groups in total. The number of anilines is 1. The molecule has 0 bridgehead atoms. The fraction of sp³-hybridized carbons (Fsp3) is 0.450. The molecule has 4 rings (SSSR count). The summed E-state index contributed by atoms with van der Waals surface area (Å²) < 4.78 is 1.95. The van der Waals surface area contributed by atoms with Gasteiger partial charge in [0.2, 0.25) is 5.91 Å². The Bertz CT molecular complexity index is 835. The second kappa shape index (κ2) is 6.93. The largest absolute Gasteiger partial charge is 0.311 e. The molecule has 2 aromatic rings. The third-order valence-corrected chi connectivity index (χ3v) is 5.66. The van der Waals surface area contributed by atoms with Crippen LogP contribution in [-0.4, -0.2) is 46.3 Å². The van der Waals surface area contributed by atoms with Crippen molar-refractivity contribution in [3.05, 3.63) is 47.8 Å². The van der Waals surface area contributed by atoms with Crippen LogP contribution in [0.4, 0.5) is 5.69 Å². The Morgan fingerprint density at radius 3 is 2.65 bits per heavy atom. The van der Waals surface area contributed by atoms with Crippen molar-refractivity contribution in [3.8, 4) is 6.07 Å². The molecule has 134 valence electrons. The number of nitriles is 1. The number of hydrogen-bond acceptors (Lipinski definition) is 4. The smallest absolute Gasteiger partial charge is 0.244 e. The predicted molar refractivity (Wildman–Crippen MR) is 98.7 cm³/mol. The zero-order valence-corrected chi connectivity index (χ0v) is 15.0. The second-order valence-corrected chi connectivity index (χ2v) is 7.17. The van der Waals surface area contributed by atoms with Crippen molar-refractivity contribution in [2.24, 2.45) is 7.05 Å². The van der Waals surface area contributed by atoms with Gasteiger partial charge >= 0.3 is 0 Å². The Morgan fingerprint density at radius 2 is 1.96 bits per heavy atom. The highest BCUT2D eigenvalue weighted by Gasteiger charge is 2.38. The van der Waals surface area contributed by atoms with E-state index in [9.17, 15) is 4.79 Å². The number of amides is 1. The molecule has 0 unspecified atom stereocenters. The summed E-state index contributed by atoms with van der Waals surface area (Å²) in [6.45, 7) is 2.63. The number of carbonyl (C=O) groups is 1. The van der Waals surface area contributed by atoms with Crippen molar-refractivity contribution in [1.29, 1.82) is 5.26 Å². The zero-order valence-electron chi connectivity index (χ0n) is 15.0. The molecule has 26 heavy (non-hydrogen) atoms. The van der Waals surface area contributed by atoms with Gasteiger partial charge in [0, 0.05) is 43.6 Å². The summed E-state index contributed by atoms with van der Waals surface area (Å²) in [7, 11) is 1.99. The lowest BCUT2D eigenvalue weighted by Gasteiger charge is -2.36. The summed E-state index contributed by atoms with van der Waals surface area (Å²) in [6, 6.07) is 11.5. The van der Waals surface area contributed by atoms with Crippen LogP contribution < -0.4 is 4.90 Å². The van der Waals surface area contributed by atoms with E-state index in [4.69, 9.17) is 5.26 Å². The van der Waals surface area contributed by atoms with Gasteiger partial charge in [-0.1, -0.05) is 0 Å². The lowest BCUT2D eigenvalue weighted by molar-refractivity contribution is -0.122. The Kier molecular flexibility index (Phi) is 4.48. The Hall–Kier alpha value is -2.65. The highest BCUT2D eigenvalue weighted by Crippen LogP contribution is 2.31. The van der Waals surface area contributed by atoms with Crippen LogP contribution in [0.15, 0.2) is 36.5 Å². The van der Waals surface area contributed by atoms with Gasteiger partial charge in [-0.05, 0) is 56.1 Å². The number of likely N-dealkylation sites (tertiary alicyclic amines) is 1. The van der Waals surface area contributed by atoms with E-state index in [1.807, 2.05) is 35.0 Å². The number of nitrogens with zero attached hydrogens (tertiary/aromatic N) is 5. The van der Waals surface area contributed by atoms with Gasteiger partial charge in [-0.2, -0.15) is 10.4 Å². The number of benzene rings is 1. The van der Waals surface area contributed by atoms with E-state index in [-0.39, 0.29) is 11.9 Å². The van der Waals surface area contributed by atoms with Crippen LogP contribution in [0.1, 0.15) is 36.4 Å². The van der Waals surface area contributed by atoms with Crippen LogP contribution >= 0.6 is 0 Å². The summed E-state index contributed by atoms with van der Waals surface area (Å²) in [4.78, 5) is 17.2. The second-order valence-electron chi connectivity index (χ2n) is 7.17. The van der Waals surface area contributed by atoms with E-state index in [2.05, 4.69) is 22.1 Å². The van der Waals surface area contributed by atoms with E-state index in [1.165, 1.54) is 5.69 Å². The van der Waals surface area contributed by atoms with Crippen molar-refractivity contribution in [2.75, 3.05) is 24.5 Å². The first-order valence-corrected chi connectivity index (χ1v) is 9.21. The van der Waals surface area contributed by atoms with Gasteiger partial charge in [0.1, 0.15) is 0 Å². The molecule has 0 radical (unpaired) electrons. The topological polar surface area (TPSA) is 65.2 Å². The minimum absolute atomic E-state index is 0.0401. The maximum Gasteiger partial charge on any atom is 0.244 e. The molecule has 6 nitrogen and oxygen atoms in total. The number of carbonyl (C=O) groups excluding carboxylic acids is 1. The van der Waals surface area contributed by atoms with Crippen LogP contribution in [0.5, 0.6) is 0 Å². The Morgan fingerprint density at radius 1 is 1.15 bits per heavy atom. The Balaban J connectivity index is 1.47. The molecule has 6 heteroatoms. The molecule has 1 aromatic heterocycles. The van der Waals surface area contributed by atoms with Crippen molar-refractivity contribution in [1.82, 2.24) is 14.7 Å². The molecular formula is C20H23N5O. The lowest BCUT2D eigenvalue weighted by atomic mass is 9.93. The standard InChI is InChI=1S/C20H23N5O/c1-23-18(8-10-22-23)16-3-2-11-24(14-16)19-9-12-25(20(19)26)17-6-4-15(13-21)5-7-17/h4-8,10,16,19H,2-3,9,11-12,14H2,1H3/t16-,19-/m1/s1. The first-order chi connectivity index (χ1) is 12.7. The van der Waals surface area contributed by atoms with E-state index in [1.54, 1.807) is 12.1 Å². The molecule has 0 saturated carbocycles. The summed E-state index contributed by atoms with van der Waals surface area (Å²) in [5, 5.41) is 13.2. The van der Waals surface area contributed by atoms with Crippen LogP contribution in [-0.2, 0) is 11.8 Å². The maximum absolute atomic E-state index is 13.0. The molecule has 2 aliphatic rings. The van der Waals surface area contributed by atoms with E-state index in [0.29, 0.717) is 11.5 Å². The quantitative estimate of drug-likeness (QED) is 0.853. The van der Waals surface area contributed by atoms with Crippen LogP contribution in [0.3, 0.4) is 0 Å². The first-order valence-electron chi connectivity index (χ1n) is 9.21. The molecule has 0 aliphatic carbocycles. The average Bonchev–Trinajstić information content (AvgIpc) is 3.27. The van der Waals surface area contributed by atoms with Crippen molar-refractivity contribution < 1.29 is 4.79 Å². The van der Waals surface area contributed by atoms with Gasteiger partial charge in [0.25, 0.3) is 0 Å². The number of aryl methyl sites for hydroxylation is 1. The average molecular weight is 349 g/mol. The Labute approximate surface area is 153 Å². The SMILES string of the molecule is Cn1nccc1[C@@H]1CCCN([C@@H]2CCN(c3ccc(C#N)cc3)C2=O)C1. The van der Waals surface area contributed by atoms with Crippen LogP contribution in [0.25, 0.3) is 0 Å². The highest BCUT2D eigenvalue weighted by molar-refractivity contribution is 5.99. The minimum atomic E-state index is -0.0401. The van der Waals surface area contributed by atoms with E-state index < -0.39 is 0 Å². The zero-order chi connectivity index (χ0) is 18.1. The monoisotopic (exact) mass is 349 g/mol. The van der Waals surface area contributed by atoms with Gasteiger partial charge in [0.15, 0.2) is 0 Å². The van der Waals surface area contributed by atoms with Gasteiger partial charge < -0.3 is 4.90 Å². The lowest BCUT2D eigenvalue weighted by Crippen LogP contribution is -2.46. The predicted octanol–water partition coefficient (Wildman–Crippen LogP) is 2.28. The fourth-order valence-corrected chi connectivity index (χ4v) is 4.29. The normalized spacial score (nSPS) is 24.0. The van der Waals surface area contributed by atoms with Crippen molar-refractivity contribution in [3.63, 3.8) is 0 Å². The van der Waals surface area contributed by atoms with Gasteiger partial charge in [-0.25, -0.2) is 0 Å². The number of aromatic nitrogens is 2. The third kappa shape index (κ3) is 2.99. The molecule has 2 aliphatic heterocycles. The van der Waals surface area contributed by atoms with Crippen molar-refractivity contribution >= 4 is 11.6 Å². The molecule has 1 aromatic carbocycles. The summed E-state index contributed by atoms with van der Waals surface area (Å²) >= 11 is 0. The van der Waals surface area contributed by atoms with Crippen LogP contribution in [0, 0.1) is 11.3 Å². The van der Waals surface area contributed by atoms with Gasteiger partial charge in [-0.3, -0.25) is 14.4 Å². The highest BCUT2D eigenvalue weighted by atomic mass is 16.2. The van der Waals surface area contributed by atoms with Gasteiger partial charge in [0.05, 0.1) is 17.7 Å². The minimum Gasteiger partial charge on any atom is -0.311 e. The molecule has 0 spiro atoms. The maximum atomic E-state index is 13.0. The summed E-state index contributed by atoms with van der Waals surface area (Å²) in [5.41, 5.74) is 2.76.